The quantitative estimate of drug-likeness (QED) is 0.237. The predicted molar refractivity (Wildman–Crippen MR) is 131 cm³/mol. The maximum atomic E-state index is 12.9. The third kappa shape index (κ3) is 8.53. The smallest absolute Gasteiger partial charge is 0.325 e. The van der Waals surface area contributed by atoms with Gasteiger partial charge >= 0.3 is 5.97 Å². The lowest BCUT2D eigenvalue weighted by Crippen LogP contribution is -2.58. The van der Waals surface area contributed by atoms with E-state index < -0.39 is 47.9 Å². The van der Waals surface area contributed by atoms with E-state index in [1.165, 1.54) is 6.92 Å². The number of carbonyl (C=O) groups is 4. The van der Waals surface area contributed by atoms with Crippen molar-refractivity contribution in [3.63, 3.8) is 0 Å². The van der Waals surface area contributed by atoms with Crippen molar-refractivity contribution in [1.82, 2.24) is 16.0 Å². The highest BCUT2D eigenvalue weighted by molar-refractivity contribution is 7.80. The normalized spacial score (nSPS) is 14.2. The van der Waals surface area contributed by atoms with Gasteiger partial charge in [-0.05, 0) is 24.5 Å². The number of carboxylic acid groups (broad SMARTS) is 1. The number of carboxylic acids is 1. The van der Waals surface area contributed by atoms with Gasteiger partial charge in [-0.1, -0.05) is 60.7 Å². The second kappa shape index (κ2) is 13.4. The molecule has 0 heterocycles. The van der Waals surface area contributed by atoms with Crippen LogP contribution in [-0.2, 0) is 32.0 Å². The molecule has 0 aliphatic carbocycles. The number of amides is 3. The summed E-state index contributed by atoms with van der Waals surface area (Å²) in [5.41, 5.74) is 7.64. The van der Waals surface area contributed by atoms with Gasteiger partial charge in [0.15, 0.2) is 0 Å². The molecule has 10 heteroatoms. The summed E-state index contributed by atoms with van der Waals surface area (Å²) in [6.07, 6.45) is 0.422. The highest BCUT2D eigenvalue weighted by atomic mass is 32.1. The molecule has 2 rings (SSSR count). The van der Waals surface area contributed by atoms with E-state index in [4.69, 9.17) is 10.8 Å². The molecule has 3 amide bonds. The molecular formula is C24H30N4O5S. The van der Waals surface area contributed by atoms with Crippen molar-refractivity contribution in [2.45, 2.75) is 43.9 Å². The van der Waals surface area contributed by atoms with Crippen molar-refractivity contribution >= 4 is 36.3 Å². The number of rotatable bonds is 12. The number of benzene rings is 2. The molecule has 0 aliphatic rings. The zero-order valence-corrected chi connectivity index (χ0v) is 19.7. The molecule has 182 valence electrons. The Hall–Kier alpha value is -3.37. The monoisotopic (exact) mass is 486 g/mol. The first kappa shape index (κ1) is 26.9. The summed E-state index contributed by atoms with van der Waals surface area (Å²) < 4.78 is 0. The zero-order valence-electron chi connectivity index (χ0n) is 18.8. The molecule has 4 atom stereocenters. The molecule has 0 radical (unpaired) electrons. The second-order valence-electron chi connectivity index (χ2n) is 7.86. The lowest BCUT2D eigenvalue weighted by molar-refractivity contribution is -0.141. The van der Waals surface area contributed by atoms with E-state index in [0.29, 0.717) is 6.42 Å². The first-order valence-electron chi connectivity index (χ1n) is 10.8. The summed E-state index contributed by atoms with van der Waals surface area (Å²) >= 11 is 4.16. The van der Waals surface area contributed by atoms with Crippen molar-refractivity contribution in [1.29, 1.82) is 0 Å². The molecule has 0 fully saturated rings. The molecule has 4 unspecified atom stereocenters. The van der Waals surface area contributed by atoms with Gasteiger partial charge < -0.3 is 26.8 Å². The number of hydrogen-bond donors (Lipinski definition) is 6. The van der Waals surface area contributed by atoms with Crippen molar-refractivity contribution in [3.05, 3.63) is 71.8 Å². The number of hydrogen-bond acceptors (Lipinski definition) is 6. The Labute approximate surface area is 203 Å². The van der Waals surface area contributed by atoms with Crippen LogP contribution in [0.3, 0.4) is 0 Å². The van der Waals surface area contributed by atoms with Crippen molar-refractivity contribution in [3.8, 4) is 0 Å². The summed E-state index contributed by atoms with van der Waals surface area (Å²) in [5, 5.41) is 16.6. The maximum Gasteiger partial charge on any atom is 0.325 e. The van der Waals surface area contributed by atoms with Gasteiger partial charge in [0, 0.05) is 12.2 Å². The molecule has 0 spiro atoms. The van der Waals surface area contributed by atoms with Crippen LogP contribution >= 0.6 is 12.6 Å². The molecule has 0 saturated carbocycles. The van der Waals surface area contributed by atoms with Crippen LogP contribution in [0.25, 0.3) is 0 Å². The minimum Gasteiger partial charge on any atom is -0.480 e. The Morgan fingerprint density at radius 2 is 1.26 bits per heavy atom. The van der Waals surface area contributed by atoms with Gasteiger partial charge in [-0.3, -0.25) is 19.2 Å². The van der Waals surface area contributed by atoms with Crippen LogP contribution in [-0.4, -0.2) is 58.7 Å². The summed E-state index contributed by atoms with van der Waals surface area (Å²) in [4.78, 5) is 49.3. The minimum absolute atomic E-state index is 0.0269. The van der Waals surface area contributed by atoms with E-state index >= 15 is 0 Å². The third-order valence-electron chi connectivity index (χ3n) is 5.10. The Kier molecular flexibility index (Phi) is 10.6. The van der Waals surface area contributed by atoms with Crippen LogP contribution in [0.4, 0.5) is 0 Å². The number of thiol groups is 1. The van der Waals surface area contributed by atoms with E-state index in [1.807, 2.05) is 36.4 Å². The number of nitrogens with one attached hydrogen (secondary N) is 3. The van der Waals surface area contributed by atoms with Gasteiger partial charge in [0.05, 0.1) is 6.04 Å². The van der Waals surface area contributed by atoms with E-state index in [-0.39, 0.29) is 12.2 Å². The highest BCUT2D eigenvalue weighted by Gasteiger charge is 2.29. The van der Waals surface area contributed by atoms with Gasteiger partial charge in [-0.25, -0.2) is 0 Å². The standard InChI is InChI=1S/C24H30N4O5S/c1-15(24(32)33)26-22(30)19(13-17-10-6-3-7-11-17)27-23(31)20(14-34)28-21(29)18(25)12-16-8-4-2-5-9-16/h2-11,15,18-20,34H,12-14,25H2,1H3,(H,26,30)(H,27,31)(H,28,29)(H,32,33). The van der Waals surface area contributed by atoms with E-state index in [9.17, 15) is 19.2 Å². The summed E-state index contributed by atoms with van der Waals surface area (Å²) in [5.74, 6) is -3.04. The van der Waals surface area contributed by atoms with Gasteiger partial charge in [0.2, 0.25) is 17.7 Å². The molecule has 34 heavy (non-hydrogen) atoms. The van der Waals surface area contributed by atoms with Crippen molar-refractivity contribution < 1.29 is 24.3 Å². The topological polar surface area (TPSA) is 151 Å². The van der Waals surface area contributed by atoms with E-state index in [1.54, 1.807) is 24.3 Å². The van der Waals surface area contributed by atoms with E-state index in [0.717, 1.165) is 11.1 Å². The van der Waals surface area contributed by atoms with Crippen molar-refractivity contribution in [2.24, 2.45) is 5.73 Å². The van der Waals surface area contributed by atoms with Crippen LogP contribution in [0.15, 0.2) is 60.7 Å². The van der Waals surface area contributed by atoms with E-state index in [2.05, 4.69) is 28.6 Å². The SMILES string of the molecule is CC(NC(=O)C(Cc1ccccc1)NC(=O)C(CS)NC(=O)C(N)Cc1ccccc1)C(=O)O. The number of nitrogens with two attached hydrogens (primary N) is 1. The molecule has 9 nitrogen and oxygen atoms in total. The average Bonchev–Trinajstić information content (AvgIpc) is 2.82. The van der Waals surface area contributed by atoms with Gasteiger partial charge in [0.1, 0.15) is 18.1 Å². The fraction of sp³-hybridized carbons (Fsp3) is 0.333. The van der Waals surface area contributed by atoms with Gasteiger partial charge in [-0.15, -0.1) is 0 Å². The van der Waals surface area contributed by atoms with Crippen molar-refractivity contribution in [2.75, 3.05) is 5.75 Å². The molecule has 0 aliphatic heterocycles. The molecule has 6 N–H and O–H groups in total. The van der Waals surface area contributed by atoms with Crippen LogP contribution < -0.4 is 21.7 Å². The Balaban J connectivity index is 2.06. The second-order valence-corrected chi connectivity index (χ2v) is 8.22. The maximum absolute atomic E-state index is 12.9. The molecule has 2 aromatic rings. The molecule has 0 saturated heterocycles. The van der Waals surface area contributed by atoms with Crippen LogP contribution in [0.5, 0.6) is 0 Å². The minimum atomic E-state index is -1.20. The Bertz CT molecular complexity index is 974. The fourth-order valence-electron chi connectivity index (χ4n) is 3.14. The zero-order chi connectivity index (χ0) is 25.1. The first-order chi connectivity index (χ1) is 16.2. The predicted octanol–water partition coefficient (Wildman–Crippen LogP) is 0.288. The van der Waals surface area contributed by atoms with Crippen LogP contribution in [0.1, 0.15) is 18.1 Å². The average molecular weight is 487 g/mol. The van der Waals surface area contributed by atoms with Gasteiger partial charge in [-0.2, -0.15) is 12.6 Å². The summed E-state index contributed by atoms with van der Waals surface area (Å²) in [7, 11) is 0. The Morgan fingerprint density at radius 3 is 1.76 bits per heavy atom. The Morgan fingerprint density at radius 1 is 0.794 bits per heavy atom. The van der Waals surface area contributed by atoms with Crippen LogP contribution in [0, 0.1) is 0 Å². The molecule has 0 aromatic heterocycles. The fourth-order valence-corrected chi connectivity index (χ4v) is 3.40. The molecule has 0 bridgehead atoms. The molecule has 2 aromatic carbocycles. The first-order valence-corrected chi connectivity index (χ1v) is 11.4. The largest absolute Gasteiger partial charge is 0.480 e. The summed E-state index contributed by atoms with van der Waals surface area (Å²) in [6.45, 7) is 1.33. The van der Waals surface area contributed by atoms with Crippen LogP contribution in [0.2, 0.25) is 0 Å². The lowest BCUT2D eigenvalue weighted by atomic mass is 10.0. The number of carbonyl (C=O) groups excluding carboxylic acids is 3. The number of aliphatic carboxylic acids is 1. The van der Waals surface area contributed by atoms with Gasteiger partial charge in [0.25, 0.3) is 0 Å². The molecular weight excluding hydrogens is 456 g/mol. The lowest BCUT2D eigenvalue weighted by Gasteiger charge is -2.24. The highest BCUT2D eigenvalue weighted by Crippen LogP contribution is 2.06. The summed E-state index contributed by atoms with van der Waals surface area (Å²) in [6, 6.07) is 14.1. The third-order valence-corrected chi connectivity index (χ3v) is 5.46.